The standard InChI is InChI=1S/C16H21NO4/c1-15(2,3)21-14(20)17-12(13(18)19)16(9-10-16)11-7-5-4-6-8-11/h4-8,12H,9-10H2,1-3H3,(H,17,20)(H,18,19)/t12-/m1/s1. The van der Waals surface area contributed by atoms with E-state index in [-0.39, 0.29) is 0 Å². The lowest BCUT2D eigenvalue weighted by atomic mass is 9.88. The van der Waals surface area contributed by atoms with Gasteiger partial charge in [-0.15, -0.1) is 0 Å². The highest BCUT2D eigenvalue weighted by Gasteiger charge is 2.54. The van der Waals surface area contributed by atoms with Crippen LogP contribution >= 0.6 is 0 Å². The molecule has 0 radical (unpaired) electrons. The minimum absolute atomic E-state index is 0.524. The van der Waals surface area contributed by atoms with Crippen LogP contribution in [-0.4, -0.2) is 28.8 Å². The van der Waals surface area contributed by atoms with Crippen molar-refractivity contribution in [1.29, 1.82) is 0 Å². The monoisotopic (exact) mass is 291 g/mol. The number of carboxylic acids is 1. The van der Waals surface area contributed by atoms with Crippen molar-refractivity contribution < 1.29 is 19.4 Å². The van der Waals surface area contributed by atoms with Crippen LogP contribution in [0.15, 0.2) is 30.3 Å². The first-order chi connectivity index (χ1) is 9.74. The predicted octanol–water partition coefficient (Wildman–Crippen LogP) is 2.70. The van der Waals surface area contributed by atoms with Gasteiger partial charge < -0.3 is 15.2 Å². The Labute approximate surface area is 124 Å². The average Bonchev–Trinajstić information content (AvgIpc) is 3.16. The summed E-state index contributed by atoms with van der Waals surface area (Å²) in [6, 6.07) is 8.47. The van der Waals surface area contributed by atoms with Crippen LogP contribution in [0.5, 0.6) is 0 Å². The molecule has 0 aromatic heterocycles. The zero-order chi connectivity index (χ0) is 15.7. The van der Waals surface area contributed by atoms with Gasteiger partial charge in [0.05, 0.1) is 0 Å². The molecule has 2 rings (SSSR count). The Balaban J connectivity index is 2.17. The molecule has 1 aromatic carbocycles. The van der Waals surface area contributed by atoms with Crippen LogP contribution in [0.2, 0.25) is 0 Å². The van der Waals surface area contributed by atoms with E-state index in [0.717, 1.165) is 18.4 Å². The maximum atomic E-state index is 11.9. The number of ether oxygens (including phenoxy) is 1. The Morgan fingerprint density at radius 3 is 2.24 bits per heavy atom. The Morgan fingerprint density at radius 1 is 1.24 bits per heavy atom. The molecular formula is C16H21NO4. The number of carbonyl (C=O) groups excluding carboxylic acids is 1. The first-order valence-electron chi connectivity index (χ1n) is 7.02. The molecule has 1 atom stereocenters. The Hall–Kier alpha value is -2.04. The summed E-state index contributed by atoms with van der Waals surface area (Å²) in [6.07, 6.45) is 0.783. The highest BCUT2D eigenvalue weighted by molar-refractivity contribution is 5.83. The van der Waals surface area contributed by atoms with Gasteiger partial charge >= 0.3 is 12.1 Å². The van der Waals surface area contributed by atoms with E-state index in [4.69, 9.17) is 4.74 Å². The SMILES string of the molecule is CC(C)(C)OC(=O)N[C@H](C(=O)O)C1(c2ccccc2)CC1. The number of hydrogen-bond donors (Lipinski definition) is 2. The van der Waals surface area contributed by atoms with Gasteiger partial charge in [0.2, 0.25) is 0 Å². The van der Waals surface area contributed by atoms with E-state index in [2.05, 4.69) is 5.32 Å². The number of hydrogen-bond acceptors (Lipinski definition) is 3. The number of nitrogens with one attached hydrogen (secondary N) is 1. The fourth-order valence-corrected chi connectivity index (χ4v) is 2.51. The second-order valence-electron chi connectivity index (χ2n) is 6.44. The fraction of sp³-hybridized carbons (Fsp3) is 0.500. The van der Waals surface area contributed by atoms with Gasteiger partial charge in [-0.1, -0.05) is 30.3 Å². The summed E-state index contributed by atoms with van der Waals surface area (Å²) in [6.45, 7) is 5.23. The molecule has 0 aliphatic heterocycles. The van der Waals surface area contributed by atoms with Crippen LogP contribution in [0.3, 0.4) is 0 Å². The van der Waals surface area contributed by atoms with Gasteiger partial charge in [-0.25, -0.2) is 9.59 Å². The van der Waals surface area contributed by atoms with Crippen molar-refractivity contribution in [2.45, 2.75) is 50.7 Å². The molecule has 5 nitrogen and oxygen atoms in total. The molecule has 21 heavy (non-hydrogen) atoms. The lowest BCUT2D eigenvalue weighted by molar-refractivity contribution is -0.140. The maximum absolute atomic E-state index is 11.9. The van der Waals surface area contributed by atoms with Gasteiger partial charge in [-0.05, 0) is 39.2 Å². The predicted molar refractivity (Wildman–Crippen MR) is 78.1 cm³/mol. The minimum atomic E-state index is -1.04. The normalized spacial score (nSPS) is 17.7. The van der Waals surface area contributed by atoms with Crippen LogP contribution in [0.25, 0.3) is 0 Å². The molecule has 0 saturated heterocycles. The third-order valence-corrected chi connectivity index (χ3v) is 3.60. The molecule has 2 N–H and O–H groups in total. The molecule has 0 spiro atoms. The summed E-state index contributed by atoms with van der Waals surface area (Å²) in [5, 5.41) is 12.0. The second-order valence-corrected chi connectivity index (χ2v) is 6.44. The minimum Gasteiger partial charge on any atom is -0.480 e. The van der Waals surface area contributed by atoms with Crippen molar-refractivity contribution in [1.82, 2.24) is 5.32 Å². The molecule has 1 amide bonds. The van der Waals surface area contributed by atoms with Crippen LogP contribution in [0.1, 0.15) is 39.2 Å². The number of carboxylic acid groups (broad SMARTS) is 1. The zero-order valence-corrected chi connectivity index (χ0v) is 12.6. The van der Waals surface area contributed by atoms with Crippen molar-refractivity contribution in [3.8, 4) is 0 Å². The van der Waals surface area contributed by atoms with Crippen molar-refractivity contribution in [3.05, 3.63) is 35.9 Å². The number of alkyl carbamates (subject to hydrolysis) is 1. The summed E-state index contributed by atoms with van der Waals surface area (Å²) in [5.41, 5.74) is -0.242. The van der Waals surface area contributed by atoms with E-state index in [0.29, 0.717) is 0 Å². The lowest BCUT2D eigenvalue weighted by Gasteiger charge is -2.27. The van der Waals surface area contributed by atoms with Crippen LogP contribution < -0.4 is 5.32 Å². The number of benzene rings is 1. The molecule has 0 heterocycles. The number of amides is 1. The molecule has 0 bridgehead atoms. The highest BCUT2D eigenvalue weighted by Crippen LogP contribution is 2.51. The molecule has 1 saturated carbocycles. The average molecular weight is 291 g/mol. The first kappa shape index (κ1) is 15.4. The highest BCUT2D eigenvalue weighted by atomic mass is 16.6. The number of aliphatic carboxylic acids is 1. The molecule has 0 unspecified atom stereocenters. The third-order valence-electron chi connectivity index (χ3n) is 3.60. The van der Waals surface area contributed by atoms with Crippen LogP contribution in [0, 0.1) is 0 Å². The molecule has 1 fully saturated rings. The van der Waals surface area contributed by atoms with E-state index in [1.54, 1.807) is 20.8 Å². The number of rotatable bonds is 4. The Kier molecular flexibility index (Phi) is 3.94. The summed E-state index contributed by atoms with van der Waals surface area (Å²) >= 11 is 0. The summed E-state index contributed by atoms with van der Waals surface area (Å²) < 4.78 is 5.16. The molecule has 114 valence electrons. The van der Waals surface area contributed by atoms with Gasteiger partial charge in [-0.2, -0.15) is 0 Å². The third kappa shape index (κ3) is 3.54. The summed E-state index contributed by atoms with van der Waals surface area (Å²) in [7, 11) is 0. The Morgan fingerprint density at radius 2 is 1.81 bits per heavy atom. The molecular weight excluding hydrogens is 270 g/mol. The van der Waals surface area contributed by atoms with Crippen molar-refractivity contribution in [2.24, 2.45) is 0 Å². The second kappa shape index (κ2) is 5.39. The van der Waals surface area contributed by atoms with Crippen LogP contribution in [-0.2, 0) is 14.9 Å². The van der Waals surface area contributed by atoms with Gasteiger partial charge in [-0.3, -0.25) is 0 Å². The van der Waals surface area contributed by atoms with Crippen molar-refractivity contribution in [2.75, 3.05) is 0 Å². The van der Waals surface area contributed by atoms with Gasteiger partial charge in [0.15, 0.2) is 0 Å². The van der Waals surface area contributed by atoms with Gasteiger partial charge in [0, 0.05) is 5.41 Å². The maximum Gasteiger partial charge on any atom is 0.408 e. The summed E-state index contributed by atoms with van der Waals surface area (Å²) in [5.74, 6) is -1.04. The lowest BCUT2D eigenvalue weighted by Crippen LogP contribution is -2.50. The van der Waals surface area contributed by atoms with E-state index < -0.39 is 29.1 Å². The van der Waals surface area contributed by atoms with Gasteiger partial charge in [0.1, 0.15) is 11.6 Å². The molecule has 1 aliphatic carbocycles. The molecule has 5 heteroatoms. The quantitative estimate of drug-likeness (QED) is 0.894. The fourth-order valence-electron chi connectivity index (χ4n) is 2.51. The van der Waals surface area contributed by atoms with Crippen molar-refractivity contribution >= 4 is 12.1 Å². The topological polar surface area (TPSA) is 75.6 Å². The Bertz CT molecular complexity index is 529. The smallest absolute Gasteiger partial charge is 0.408 e. The largest absolute Gasteiger partial charge is 0.480 e. The zero-order valence-electron chi connectivity index (χ0n) is 12.6. The van der Waals surface area contributed by atoms with E-state index in [1.165, 1.54) is 0 Å². The van der Waals surface area contributed by atoms with E-state index >= 15 is 0 Å². The van der Waals surface area contributed by atoms with E-state index in [1.807, 2.05) is 30.3 Å². The first-order valence-corrected chi connectivity index (χ1v) is 7.02. The van der Waals surface area contributed by atoms with Gasteiger partial charge in [0.25, 0.3) is 0 Å². The van der Waals surface area contributed by atoms with Crippen LogP contribution in [0.4, 0.5) is 4.79 Å². The van der Waals surface area contributed by atoms with E-state index in [9.17, 15) is 14.7 Å². The number of carbonyl (C=O) groups is 2. The molecule has 1 aliphatic rings. The summed E-state index contributed by atoms with van der Waals surface area (Å²) in [4.78, 5) is 23.5. The van der Waals surface area contributed by atoms with Crippen molar-refractivity contribution in [3.63, 3.8) is 0 Å². The molecule has 1 aromatic rings.